The van der Waals surface area contributed by atoms with Crippen LogP contribution < -0.4 is 5.32 Å². The van der Waals surface area contributed by atoms with Crippen LogP contribution in [0.3, 0.4) is 0 Å². The fourth-order valence-corrected chi connectivity index (χ4v) is 2.88. The van der Waals surface area contributed by atoms with Crippen LogP contribution in [-0.2, 0) is 0 Å². The molecule has 0 spiro atoms. The normalized spacial score (nSPS) is 24.6. The van der Waals surface area contributed by atoms with Crippen LogP contribution in [0.15, 0.2) is 17.4 Å². The van der Waals surface area contributed by atoms with Crippen LogP contribution in [0.2, 0.25) is 0 Å². The first kappa shape index (κ1) is 12.0. The minimum atomic E-state index is 0.474. The Morgan fingerprint density at radius 1 is 1.50 bits per heavy atom. The summed E-state index contributed by atoms with van der Waals surface area (Å²) in [5.74, 6) is 2.23. The lowest BCUT2D eigenvalue weighted by atomic mass is 10.1. The minimum absolute atomic E-state index is 0.474. The second kappa shape index (κ2) is 5.73. The molecule has 0 aliphatic heterocycles. The summed E-state index contributed by atoms with van der Waals surface area (Å²) in [5, 5.41) is 4.47. The minimum Gasteiger partial charge on any atom is -0.367 e. The molecule has 1 N–H and O–H groups in total. The molecule has 0 aromatic carbocycles. The Hall–Kier alpha value is -0.480. The van der Waals surface area contributed by atoms with Gasteiger partial charge in [0.05, 0.1) is 0 Å². The molecular formula is C11H16ClN3S. The maximum absolute atomic E-state index is 5.95. The van der Waals surface area contributed by atoms with E-state index in [-0.39, 0.29) is 0 Å². The molecule has 3 nitrogen and oxygen atoms in total. The van der Waals surface area contributed by atoms with Gasteiger partial charge in [0, 0.05) is 18.0 Å². The van der Waals surface area contributed by atoms with Gasteiger partial charge in [0.2, 0.25) is 0 Å². The number of hydrogen-bond donors (Lipinski definition) is 1. The van der Waals surface area contributed by atoms with Gasteiger partial charge in [0.15, 0.2) is 0 Å². The van der Waals surface area contributed by atoms with Crippen LogP contribution in [0.5, 0.6) is 0 Å². The van der Waals surface area contributed by atoms with Crippen molar-refractivity contribution >= 4 is 29.2 Å². The molecule has 2 atom stereocenters. The Labute approximate surface area is 105 Å². The molecule has 1 aromatic heterocycles. The second-order valence-electron chi connectivity index (χ2n) is 4.04. The monoisotopic (exact) mass is 257 g/mol. The summed E-state index contributed by atoms with van der Waals surface area (Å²) in [7, 11) is 0. The van der Waals surface area contributed by atoms with Crippen LogP contribution in [0, 0.1) is 5.92 Å². The van der Waals surface area contributed by atoms with E-state index >= 15 is 0 Å². The molecule has 2 unspecified atom stereocenters. The van der Waals surface area contributed by atoms with Gasteiger partial charge in [-0.15, -0.1) is 23.4 Å². The molecule has 0 radical (unpaired) electrons. The molecule has 1 heterocycles. The van der Waals surface area contributed by atoms with Crippen molar-refractivity contribution in [2.45, 2.75) is 30.3 Å². The SMILES string of the molecule is CSc1cc(NC2CCCC2CCl)ncn1. The van der Waals surface area contributed by atoms with Gasteiger partial charge in [0.25, 0.3) is 0 Å². The van der Waals surface area contributed by atoms with Gasteiger partial charge in [-0.1, -0.05) is 6.42 Å². The van der Waals surface area contributed by atoms with Gasteiger partial charge in [-0.2, -0.15) is 0 Å². The van der Waals surface area contributed by atoms with Crippen molar-refractivity contribution in [3.63, 3.8) is 0 Å². The Balaban J connectivity index is 2.02. The van der Waals surface area contributed by atoms with Gasteiger partial charge in [-0.3, -0.25) is 0 Å². The maximum Gasteiger partial charge on any atom is 0.130 e. The summed E-state index contributed by atoms with van der Waals surface area (Å²) >= 11 is 7.58. The zero-order valence-corrected chi connectivity index (χ0v) is 10.9. The van der Waals surface area contributed by atoms with E-state index in [0.717, 1.165) is 16.7 Å². The van der Waals surface area contributed by atoms with Crippen molar-refractivity contribution in [2.24, 2.45) is 5.92 Å². The first-order chi connectivity index (χ1) is 7.83. The number of halogens is 1. The lowest BCUT2D eigenvalue weighted by Gasteiger charge is -2.19. The van der Waals surface area contributed by atoms with Crippen LogP contribution in [0.1, 0.15) is 19.3 Å². The van der Waals surface area contributed by atoms with E-state index in [9.17, 15) is 0 Å². The zero-order valence-electron chi connectivity index (χ0n) is 9.32. The molecule has 88 valence electrons. The molecule has 0 bridgehead atoms. The number of aromatic nitrogens is 2. The number of nitrogens with zero attached hydrogens (tertiary/aromatic N) is 2. The maximum atomic E-state index is 5.95. The third kappa shape index (κ3) is 2.80. The van der Waals surface area contributed by atoms with Gasteiger partial charge >= 0.3 is 0 Å². The molecule has 0 saturated heterocycles. The Morgan fingerprint density at radius 2 is 2.38 bits per heavy atom. The highest BCUT2D eigenvalue weighted by Crippen LogP contribution is 2.29. The third-order valence-electron chi connectivity index (χ3n) is 3.04. The van der Waals surface area contributed by atoms with E-state index in [2.05, 4.69) is 15.3 Å². The predicted octanol–water partition coefficient (Wildman–Crippen LogP) is 3.02. The van der Waals surface area contributed by atoms with Gasteiger partial charge in [-0.05, 0) is 25.0 Å². The topological polar surface area (TPSA) is 37.8 Å². The van der Waals surface area contributed by atoms with Crippen molar-refractivity contribution in [1.82, 2.24) is 9.97 Å². The van der Waals surface area contributed by atoms with E-state index in [0.29, 0.717) is 12.0 Å². The standard InChI is InChI=1S/C11H16ClN3S/c1-16-11-5-10(13-7-14-11)15-9-4-2-3-8(9)6-12/h5,7-9H,2-4,6H2,1H3,(H,13,14,15). The fourth-order valence-electron chi connectivity index (χ4n) is 2.13. The van der Waals surface area contributed by atoms with Gasteiger partial charge in [-0.25, -0.2) is 9.97 Å². The van der Waals surface area contributed by atoms with E-state index in [1.807, 2.05) is 12.3 Å². The molecule has 1 saturated carbocycles. The second-order valence-corrected chi connectivity index (χ2v) is 5.18. The molecule has 1 fully saturated rings. The molecular weight excluding hydrogens is 242 g/mol. The molecule has 1 aliphatic carbocycles. The number of nitrogens with one attached hydrogen (secondary N) is 1. The summed E-state index contributed by atoms with van der Waals surface area (Å²) in [6.45, 7) is 0. The third-order valence-corrected chi connectivity index (χ3v) is 4.08. The highest BCUT2D eigenvalue weighted by molar-refractivity contribution is 7.98. The van der Waals surface area contributed by atoms with Crippen molar-refractivity contribution in [2.75, 3.05) is 17.5 Å². The highest BCUT2D eigenvalue weighted by Gasteiger charge is 2.26. The number of anilines is 1. The van der Waals surface area contributed by atoms with Crippen LogP contribution in [0.4, 0.5) is 5.82 Å². The van der Waals surface area contributed by atoms with Crippen LogP contribution in [0.25, 0.3) is 0 Å². The lowest BCUT2D eigenvalue weighted by Crippen LogP contribution is -2.25. The van der Waals surface area contributed by atoms with Crippen LogP contribution >= 0.6 is 23.4 Å². The van der Waals surface area contributed by atoms with Crippen molar-refractivity contribution in [3.05, 3.63) is 12.4 Å². The van der Waals surface area contributed by atoms with E-state index in [1.165, 1.54) is 19.3 Å². The molecule has 1 aliphatic rings. The number of alkyl halides is 1. The lowest BCUT2D eigenvalue weighted by molar-refractivity contribution is 0.560. The first-order valence-electron chi connectivity index (χ1n) is 5.52. The van der Waals surface area contributed by atoms with E-state index in [4.69, 9.17) is 11.6 Å². The summed E-state index contributed by atoms with van der Waals surface area (Å²) in [4.78, 5) is 8.40. The average molecular weight is 258 g/mol. The highest BCUT2D eigenvalue weighted by atomic mass is 35.5. The predicted molar refractivity (Wildman–Crippen MR) is 69.3 cm³/mol. The Kier molecular flexibility index (Phi) is 4.29. The summed E-state index contributed by atoms with van der Waals surface area (Å²) in [5.41, 5.74) is 0. The molecule has 5 heteroatoms. The smallest absolute Gasteiger partial charge is 0.130 e. The number of thioether (sulfide) groups is 1. The van der Waals surface area contributed by atoms with Gasteiger partial charge in [0.1, 0.15) is 17.2 Å². The number of rotatable bonds is 4. The molecule has 2 rings (SSSR count). The van der Waals surface area contributed by atoms with E-state index < -0.39 is 0 Å². The fraction of sp³-hybridized carbons (Fsp3) is 0.636. The van der Waals surface area contributed by atoms with Crippen molar-refractivity contribution in [3.8, 4) is 0 Å². The van der Waals surface area contributed by atoms with Crippen LogP contribution in [-0.4, -0.2) is 28.1 Å². The molecule has 0 amide bonds. The van der Waals surface area contributed by atoms with Gasteiger partial charge < -0.3 is 5.32 Å². The largest absolute Gasteiger partial charge is 0.367 e. The molecule has 1 aromatic rings. The Bertz CT molecular complexity index is 348. The molecule has 16 heavy (non-hydrogen) atoms. The summed E-state index contributed by atoms with van der Waals surface area (Å²) in [6.07, 6.45) is 7.30. The van der Waals surface area contributed by atoms with Crippen molar-refractivity contribution < 1.29 is 0 Å². The first-order valence-corrected chi connectivity index (χ1v) is 7.28. The van der Waals surface area contributed by atoms with E-state index in [1.54, 1.807) is 18.1 Å². The quantitative estimate of drug-likeness (QED) is 0.511. The van der Waals surface area contributed by atoms with Crippen molar-refractivity contribution in [1.29, 1.82) is 0 Å². The summed E-state index contributed by atoms with van der Waals surface area (Å²) in [6, 6.07) is 2.47. The Morgan fingerprint density at radius 3 is 3.12 bits per heavy atom. The average Bonchev–Trinajstić information content (AvgIpc) is 2.76. The number of hydrogen-bond acceptors (Lipinski definition) is 4. The summed E-state index contributed by atoms with van der Waals surface area (Å²) < 4.78 is 0. The zero-order chi connectivity index (χ0) is 11.4.